The van der Waals surface area contributed by atoms with Gasteiger partial charge in [-0.25, -0.2) is 4.98 Å². The monoisotopic (exact) mass is 487 g/mol. The summed E-state index contributed by atoms with van der Waals surface area (Å²) in [5.41, 5.74) is 0.979. The molecule has 0 radical (unpaired) electrons. The van der Waals surface area contributed by atoms with Crippen LogP contribution >= 0.6 is 0 Å². The van der Waals surface area contributed by atoms with Crippen LogP contribution in [0.2, 0.25) is 0 Å². The van der Waals surface area contributed by atoms with Crippen molar-refractivity contribution in [1.82, 2.24) is 14.5 Å². The number of aromatic hydroxyl groups is 1. The topological polar surface area (TPSA) is 118 Å². The van der Waals surface area contributed by atoms with Crippen molar-refractivity contribution in [3.8, 4) is 11.5 Å². The maximum Gasteiger partial charge on any atom is 0.290 e. The first-order valence-corrected chi connectivity index (χ1v) is 11.7. The van der Waals surface area contributed by atoms with E-state index in [1.165, 1.54) is 11.0 Å². The molecule has 3 heterocycles. The number of aromatic nitrogens is 2. The third-order valence-corrected chi connectivity index (χ3v) is 6.17. The maximum atomic E-state index is 13.7. The van der Waals surface area contributed by atoms with Gasteiger partial charge in [0.1, 0.15) is 5.58 Å². The predicted octanol–water partition coefficient (Wildman–Crippen LogP) is 4.40. The van der Waals surface area contributed by atoms with Crippen LogP contribution < -0.4 is 4.74 Å². The zero-order valence-electron chi connectivity index (χ0n) is 19.6. The second-order valence-corrected chi connectivity index (χ2v) is 8.46. The number of phenolic OH excluding ortho intramolecular Hbond substituents is 1. The number of imidazole rings is 1. The Morgan fingerprint density at radius 1 is 1.14 bits per heavy atom. The Morgan fingerprint density at radius 3 is 2.72 bits per heavy atom. The number of benzene rings is 2. The number of phenols is 1. The van der Waals surface area contributed by atoms with Gasteiger partial charge in [0.2, 0.25) is 5.78 Å². The summed E-state index contributed by atoms with van der Waals surface area (Å²) in [5.74, 6) is -1.64. The van der Waals surface area contributed by atoms with Crippen molar-refractivity contribution >= 4 is 22.7 Å². The first-order chi connectivity index (χ1) is 17.5. The summed E-state index contributed by atoms with van der Waals surface area (Å²) < 4.78 is 13.2. The van der Waals surface area contributed by atoms with Gasteiger partial charge in [0.05, 0.1) is 24.5 Å². The standard InChI is InChI=1S/C27H25N3O6/c1-2-35-21-15-18(8-9-19(21)31)24-23(25(32)22-14-17-6-3-4-7-20(17)36-22)26(33)27(34)30(24)12-5-11-29-13-10-28-16-29/h3-4,6-10,13-16,24,31,33H,2,5,11-12H2,1H3. The number of ketones is 1. The molecule has 184 valence electrons. The van der Waals surface area contributed by atoms with Gasteiger partial charge in [0, 0.05) is 30.9 Å². The predicted molar refractivity (Wildman–Crippen MR) is 131 cm³/mol. The smallest absolute Gasteiger partial charge is 0.290 e. The number of aliphatic hydroxyl groups is 1. The molecule has 0 saturated heterocycles. The Kier molecular flexibility index (Phi) is 6.20. The fraction of sp³-hybridized carbons (Fsp3) is 0.222. The summed E-state index contributed by atoms with van der Waals surface area (Å²) >= 11 is 0. The number of aliphatic hydroxyl groups excluding tert-OH is 1. The summed E-state index contributed by atoms with van der Waals surface area (Å²) in [5, 5.41) is 21.8. The van der Waals surface area contributed by atoms with Crippen molar-refractivity contribution in [3.05, 3.63) is 89.9 Å². The van der Waals surface area contributed by atoms with E-state index in [9.17, 15) is 19.8 Å². The van der Waals surface area contributed by atoms with Crippen LogP contribution in [-0.4, -0.2) is 49.5 Å². The molecule has 1 aliphatic rings. The van der Waals surface area contributed by atoms with Gasteiger partial charge in [0.25, 0.3) is 5.91 Å². The quantitative estimate of drug-likeness (QED) is 0.336. The lowest BCUT2D eigenvalue weighted by Crippen LogP contribution is -2.32. The fourth-order valence-corrected chi connectivity index (χ4v) is 4.50. The number of fused-ring (bicyclic) bond motifs is 1. The third kappa shape index (κ3) is 4.19. The lowest BCUT2D eigenvalue weighted by atomic mass is 9.94. The first-order valence-electron chi connectivity index (χ1n) is 11.7. The number of carbonyl (C=O) groups is 2. The summed E-state index contributed by atoms with van der Waals surface area (Å²) in [4.78, 5) is 32.4. The maximum absolute atomic E-state index is 13.7. The van der Waals surface area contributed by atoms with E-state index in [2.05, 4.69) is 4.98 Å². The molecule has 2 aromatic heterocycles. The molecule has 36 heavy (non-hydrogen) atoms. The van der Waals surface area contributed by atoms with Crippen LogP contribution in [0.4, 0.5) is 0 Å². The Labute approximate surface area is 206 Å². The second kappa shape index (κ2) is 9.61. The minimum atomic E-state index is -0.888. The number of hydrogen-bond acceptors (Lipinski definition) is 7. The average Bonchev–Trinajstić information content (AvgIpc) is 3.60. The number of hydrogen-bond donors (Lipinski definition) is 2. The van der Waals surface area contributed by atoms with Gasteiger partial charge in [-0.05, 0) is 43.2 Å². The van der Waals surface area contributed by atoms with Gasteiger partial charge < -0.3 is 28.8 Å². The summed E-state index contributed by atoms with van der Waals surface area (Å²) in [6, 6.07) is 12.6. The molecule has 2 N–H and O–H groups in total. The largest absolute Gasteiger partial charge is 0.504 e. The van der Waals surface area contributed by atoms with Gasteiger partial charge in [0.15, 0.2) is 23.0 Å². The van der Waals surface area contributed by atoms with Crippen LogP contribution in [-0.2, 0) is 11.3 Å². The molecule has 0 aliphatic carbocycles. The molecule has 0 fully saturated rings. The highest BCUT2D eigenvalue weighted by molar-refractivity contribution is 6.16. The molecule has 2 aromatic carbocycles. The summed E-state index contributed by atoms with van der Waals surface area (Å²) in [6.07, 6.45) is 5.75. The van der Waals surface area contributed by atoms with E-state index in [1.807, 2.05) is 22.9 Å². The molecular weight excluding hydrogens is 462 g/mol. The van der Waals surface area contributed by atoms with Gasteiger partial charge in [-0.3, -0.25) is 9.59 Å². The molecule has 1 amide bonds. The number of rotatable bonds is 9. The van der Waals surface area contributed by atoms with Crippen LogP contribution in [0, 0.1) is 0 Å². The molecule has 5 rings (SSSR count). The van der Waals surface area contributed by atoms with Crippen molar-refractivity contribution in [3.63, 3.8) is 0 Å². The average molecular weight is 488 g/mol. The minimum absolute atomic E-state index is 0.0274. The number of ether oxygens (including phenoxy) is 1. The van der Waals surface area contributed by atoms with Gasteiger partial charge >= 0.3 is 0 Å². The molecule has 1 unspecified atom stereocenters. The normalized spacial score (nSPS) is 15.8. The van der Waals surface area contributed by atoms with E-state index >= 15 is 0 Å². The lowest BCUT2D eigenvalue weighted by molar-refractivity contribution is -0.129. The molecule has 0 saturated carbocycles. The van der Waals surface area contributed by atoms with E-state index in [-0.39, 0.29) is 29.4 Å². The molecule has 0 bridgehead atoms. The van der Waals surface area contributed by atoms with E-state index < -0.39 is 23.5 Å². The highest BCUT2D eigenvalue weighted by atomic mass is 16.5. The van der Waals surface area contributed by atoms with E-state index in [4.69, 9.17) is 9.15 Å². The molecule has 9 heteroatoms. The number of carbonyl (C=O) groups excluding carboxylic acids is 2. The second-order valence-electron chi connectivity index (χ2n) is 8.46. The minimum Gasteiger partial charge on any atom is -0.504 e. The zero-order chi connectivity index (χ0) is 25.2. The number of aryl methyl sites for hydroxylation is 1. The van der Waals surface area contributed by atoms with Crippen LogP contribution in [0.15, 0.2) is 83.0 Å². The number of Topliss-reactive ketones (excluding diaryl/α,β-unsaturated/α-hetero) is 1. The van der Waals surface area contributed by atoms with Gasteiger partial charge in [-0.1, -0.05) is 24.3 Å². The van der Waals surface area contributed by atoms with Crippen molar-refractivity contribution < 1.29 is 29.0 Å². The highest BCUT2D eigenvalue weighted by Gasteiger charge is 2.44. The van der Waals surface area contributed by atoms with Gasteiger partial charge in [-0.15, -0.1) is 0 Å². The van der Waals surface area contributed by atoms with Crippen molar-refractivity contribution in [2.24, 2.45) is 0 Å². The summed E-state index contributed by atoms with van der Waals surface area (Å²) in [6.45, 7) is 2.98. The van der Waals surface area contributed by atoms with Crippen LogP contribution in [0.1, 0.15) is 35.5 Å². The van der Waals surface area contributed by atoms with Crippen molar-refractivity contribution in [2.45, 2.75) is 25.9 Å². The van der Waals surface area contributed by atoms with Crippen LogP contribution in [0.25, 0.3) is 11.0 Å². The molecule has 9 nitrogen and oxygen atoms in total. The molecule has 1 atom stereocenters. The first kappa shape index (κ1) is 23.2. The lowest BCUT2D eigenvalue weighted by Gasteiger charge is -2.27. The Hall–Kier alpha value is -4.53. The molecule has 4 aromatic rings. The SMILES string of the molecule is CCOc1cc(C2C(C(=O)c3cc4ccccc4o3)=C(O)C(=O)N2CCCn2ccnc2)ccc1O. The molecular formula is C27H25N3O6. The number of para-hydroxylation sites is 1. The molecule has 0 spiro atoms. The number of furan rings is 1. The van der Waals surface area contributed by atoms with Crippen LogP contribution in [0.5, 0.6) is 11.5 Å². The highest BCUT2D eigenvalue weighted by Crippen LogP contribution is 2.42. The van der Waals surface area contributed by atoms with E-state index in [0.717, 1.165) is 5.39 Å². The Morgan fingerprint density at radius 2 is 1.97 bits per heavy atom. The molecule has 1 aliphatic heterocycles. The van der Waals surface area contributed by atoms with Gasteiger partial charge in [-0.2, -0.15) is 0 Å². The van der Waals surface area contributed by atoms with Crippen molar-refractivity contribution in [1.29, 1.82) is 0 Å². The Bertz CT molecular complexity index is 1420. The number of amides is 1. The zero-order valence-corrected chi connectivity index (χ0v) is 19.6. The van der Waals surface area contributed by atoms with Crippen molar-refractivity contribution in [2.75, 3.05) is 13.2 Å². The Balaban J connectivity index is 1.53. The fourth-order valence-electron chi connectivity index (χ4n) is 4.50. The number of nitrogens with zero attached hydrogens (tertiary/aromatic N) is 3. The van der Waals surface area contributed by atoms with Crippen LogP contribution in [0.3, 0.4) is 0 Å². The third-order valence-electron chi connectivity index (χ3n) is 6.17. The van der Waals surface area contributed by atoms with E-state index in [0.29, 0.717) is 30.7 Å². The summed E-state index contributed by atoms with van der Waals surface area (Å²) in [7, 11) is 0. The van der Waals surface area contributed by atoms with E-state index in [1.54, 1.807) is 49.8 Å².